The Bertz CT molecular complexity index is 413. The third kappa shape index (κ3) is 12.9. The predicted molar refractivity (Wildman–Crippen MR) is 88.5 cm³/mol. The van der Waals surface area contributed by atoms with Crippen LogP contribution in [-0.2, 0) is 4.79 Å². The first-order chi connectivity index (χ1) is 9.56. The summed E-state index contributed by atoms with van der Waals surface area (Å²) in [5.41, 5.74) is 4.16. The number of carbonyl (C=O) groups excluding carboxylic acids is 1. The summed E-state index contributed by atoms with van der Waals surface area (Å²) in [5, 5.41) is 0. The van der Waals surface area contributed by atoms with Crippen molar-refractivity contribution in [3.05, 3.63) is 35.5 Å². The summed E-state index contributed by atoms with van der Waals surface area (Å²) in [7, 11) is 0. The zero-order valence-corrected chi connectivity index (χ0v) is 13.3. The van der Waals surface area contributed by atoms with Gasteiger partial charge in [0.15, 0.2) is 6.29 Å². The molecule has 0 amide bonds. The lowest BCUT2D eigenvalue weighted by molar-refractivity contribution is -0.103. The molecular formula is C19H28O. The lowest BCUT2D eigenvalue weighted by Gasteiger charge is -2.02. The van der Waals surface area contributed by atoms with Gasteiger partial charge in [-0.1, -0.05) is 34.8 Å². The molecule has 20 heavy (non-hydrogen) atoms. The number of aldehydes is 1. The molecule has 0 aliphatic heterocycles. The van der Waals surface area contributed by atoms with E-state index in [2.05, 4.69) is 51.3 Å². The van der Waals surface area contributed by atoms with Crippen LogP contribution in [0.15, 0.2) is 35.5 Å². The average Bonchev–Trinajstić information content (AvgIpc) is 2.38. The second-order valence-corrected chi connectivity index (χ2v) is 5.43. The van der Waals surface area contributed by atoms with Crippen LogP contribution in [-0.4, -0.2) is 6.29 Å². The van der Waals surface area contributed by atoms with Crippen LogP contribution in [0.4, 0.5) is 0 Å². The Morgan fingerprint density at radius 3 is 2.30 bits per heavy atom. The SMILES string of the molecule is C=C(C)CCC/C(C)=C/CC/C(C)=C/CCC#CC=O. The summed E-state index contributed by atoms with van der Waals surface area (Å²) in [5.74, 6) is 5.25. The molecule has 0 aromatic carbocycles. The molecule has 1 nitrogen and oxygen atoms in total. The number of hydrogen-bond donors (Lipinski definition) is 0. The largest absolute Gasteiger partial charge is 0.289 e. The molecule has 0 fully saturated rings. The minimum absolute atomic E-state index is 0.651. The van der Waals surface area contributed by atoms with Crippen molar-refractivity contribution in [2.75, 3.05) is 0 Å². The number of hydrogen-bond acceptors (Lipinski definition) is 1. The molecule has 0 spiro atoms. The minimum Gasteiger partial charge on any atom is -0.289 e. The van der Waals surface area contributed by atoms with Crippen LogP contribution in [0, 0.1) is 11.8 Å². The summed E-state index contributed by atoms with van der Waals surface area (Å²) < 4.78 is 0. The molecule has 0 rings (SSSR count). The highest BCUT2D eigenvalue weighted by atomic mass is 16.1. The van der Waals surface area contributed by atoms with Gasteiger partial charge < -0.3 is 0 Å². The molecule has 110 valence electrons. The minimum atomic E-state index is 0.651. The Morgan fingerprint density at radius 2 is 1.65 bits per heavy atom. The molecule has 0 saturated heterocycles. The molecule has 0 N–H and O–H groups in total. The van der Waals surface area contributed by atoms with Gasteiger partial charge in [0.25, 0.3) is 0 Å². The first-order valence-corrected chi connectivity index (χ1v) is 7.44. The molecule has 1 heteroatoms. The van der Waals surface area contributed by atoms with Crippen molar-refractivity contribution in [2.45, 2.75) is 65.7 Å². The van der Waals surface area contributed by atoms with E-state index < -0.39 is 0 Å². The van der Waals surface area contributed by atoms with Gasteiger partial charge in [0.2, 0.25) is 0 Å². The standard InChI is InChI=1S/C19H28O/c1-17(2)11-9-13-19(4)15-10-14-18(3)12-7-5-6-8-16-20/h12,15-16H,1,5,7,9-11,13-14H2,2-4H3/b18-12+,19-15+. The number of carbonyl (C=O) groups is 1. The van der Waals surface area contributed by atoms with Crippen LogP contribution in [0.3, 0.4) is 0 Å². The van der Waals surface area contributed by atoms with Crippen LogP contribution in [0.2, 0.25) is 0 Å². The van der Waals surface area contributed by atoms with Gasteiger partial charge in [0.05, 0.1) is 0 Å². The predicted octanol–water partition coefficient (Wildman–Crippen LogP) is 5.39. The first-order valence-electron chi connectivity index (χ1n) is 7.44. The molecule has 0 heterocycles. The van der Waals surface area contributed by atoms with E-state index in [1.165, 1.54) is 29.6 Å². The lowest BCUT2D eigenvalue weighted by atomic mass is 10.0. The van der Waals surface area contributed by atoms with Crippen molar-refractivity contribution in [2.24, 2.45) is 0 Å². The third-order valence-electron chi connectivity index (χ3n) is 3.13. The van der Waals surface area contributed by atoms with E-state index in [1.54, 1.807) is 0 Å². The normalized spacial score (nSPS) is 11.8. The van der Waals surface area contributed by atoms with Crippen molar-refractivity contribution >= 4 is 6.29 Å². The van der Waals surface area contributed by atoms with Crippen LogP contribution < -0.4 is 0 Å². The molecule has 0 aliphatic rings. The molecule has 0 aromatic rings. The van der Waals surface area contributed by atoms with E-state index in [0.29, 0.717) is 6.29 Å². The fourth-order valence-corrected chi connectivity index (χ4v) is 1.92. The monoisotopic (exact) mass is 272 g/mol. The van der Waals surface area contributed by atoms with Gasteiger partial charge in [-0.2, -0.15) is 0 Å². The summed E-state index contributed by atoms with van der Waals surface area (Å²) >= 11 is 0. The van der Waals surface area contributed by atoms with Crippen molar-refractivity contribution in [3.8, 4) is 11.8 Å². The molecule has 0 atom stereocenters. The van der Waals surface area contributed by atoms with E-state index in [0.717, 1.165) is 32.1 Å². The van der Waals surface area contributed by atoms with Crippen LogP contribution in [0.5, 0.6) is 0 Å². The van der Waals surface area contributed by atoms with Gasteiger partial charge in [-0.25, -0.2) is 0 Å². The van der Waals surface area contributed by atoms with E-state index in [9.17, 15) is 4.79 Å². The highest BCUT2D eigenvalue weighted by Crippen LogP contribution is 2.13. The van der Waals surface area contributed by atoms with Crippen LogP contribution in [0.25, 0.3) is 0 Å². The van der Waals surface area contributed by atoms with Gasteiger partial charge in [0, 0.05) is 6.42 Å². The van der Waals surface area contributed by atoms with Crippen molar-refractivity contribution in [3.63, 3.8) is 0 Å². The molecule has 0 radical (unpaired) electrons. The van der Waals surface area contributed by atoms with Gasteiger partial charge in [-0.3, -0.25) is 4.79 Å². The van der Waals surface area contributed by atoms with Crippen molar-refractivity contribution in [1.82, 2.24) is 0 Å². The van der Waals surface area contributed by atoms with Gasteiger partial charge >= 0.3 is 0 Å². The van der Waals surface area contributed by atoms with Crippen LogP contribution in [0.1, 0.15) is 65.7 Å². The van der Waals surface area contributed by atoms with E-state index in [1.807, 2.05) is 0 Å². The molecule has 0 unspecified atom stereocenters. The number of rotatable bonds is 9. The zero-order valence-electron chi connectivity index (χ0n) is 13.3. The maximum absolute atomic E-state index is 10.0. The van der Waals surface area contributed by atoms with E-state index in [-0.39, 0.29) is 0 Å². The van der Waals surface area contributed by atoms with E-state index >= 15 is 0 Å². The first kappa shape index (κ1) is 18.4. The maximum Gasteiger partial charge on any atom is 0.192 e. The summed E-state index contributed by atoms with van der Waals surface area (Å²) in [4.78, 5) is 10.0. The fraction of sp³-hybridized carbons (Fsp3) is 0.526. The lowest BCUT2D eigenvalue weighted by Crippen LogP contribution is -1.82. The van der Waals surface area contributed by atoms with Crippen LogP contribution >= 0.6 is 0 Å². The molecule has 0 bridgehead atoms. The second kappa shape index (κ2) is 12.5. The zero-order chi connectivity index (χ0) is 15.2. The molecular weight excluding hydrogens is 244 g/mol. The van der Waals surface area contributed by atoms with Gasteiger partial charge in [-0.15, -0.1) is 6.58 Å². The highest BCUT2D eigenvalue weighted by molar-refractivity contribution is 5.72. The summed E-state index contributed by atoms with van der Waals surface area (Å²) in [6.45, 7) is 10.4. The molecule has 0 aliphatic carbocycles. The Hall–Kier alpha value is -1.55. The van der Waals surface area contributed by atoms with E-state index in [4.69, 9.17) is 0 Å². The van der Waals surface area contributed by atoms with Crippen molar-refractivity contribution in [1.29, 1.82) is 0 Å². The number of unbranched alkanes of at least 4 members (excludes halogenated alkanes) is 1. The Morgan fingerprint density at radius 1 is 1.00 bits per heavy atom. The fourth-order valence-electron chi connectivity index (χ4n) is 1.92. The molecule has 0 saturated carbocycles. The van der Waals surface area contributed by atoms with Crippen molar-refractivity contribution < 1.29 is 4.79 Å². The Balaban J connectivity index is 3.81. The smallest absolute Gasteiger partial charge is 0.192 e. The quantitative estimate of drug-likeness (QED) is 0.238. The summed E-state index contributed by atoms with van der Waals surface area (Å²) in [6.07, 6.45) is 12.7. The summed E-state index contributed by atoms with van der Waals surface area (Å²) in [6, 6.07) is 0. The number of allylic oxidation sites excluding steroid dienone is 5. The highest BCUT2D eigenvalue weighted by Gasteiger charge is 1.93. The maximum atomic E-state index is 10.0. The van der Waals surface area contributed by atoms with Gasteiger partial charge in [0.1, 0.15) is 0 Å². The molecule has 0 aromatic heterocycles. The Labute approximate surface area is 124 Å². The average molecular weight is 272 g/mol. The topological polar surface area (TPSA) is 17.1 Å². The Kier molecular flexibility index (Phi) is 11.5. The van der Waals surface area contributed by atoms with Gasteiger partial charge in [-0.05, 0) is 65.2 Å². The third-order valence-corrected chi connectivity index (χ3v) is 3.13. The second-order valence-electron chi connectivity index (χ2n) is 5.43.